The summed E-state index contributed by atoms with van der Waals surface area (Å²) in [7, 11) is 0. The quantitative estimate of drug-likeness (QED) is 0.789. The Bertz CT molecular complexity index is 692. The average molecular weight is 250 g/mol. The lowest BCUT2D eigenvalue weighted by Crippen LogP contribution is -2.46. The van der Waals surface area contributed by atoms with Crippen LogP contribution < -0.4 is 4.90 Å². The van der Waals surface area contributed by atoms with E-state index in [1.165, 1.54) is 0 Å². The first kappa shape index (κ1) is 11.3. The maximum Gasteiger partial charge on any atom is 0.283 e. The Hall–Kier alpha value is -2.75. The second-order valence-corrected chi connectivity index (χ2v) is 4.20. The van der Waals surface area contributed by atoms with Gasteiger partial charge in [0.25, 0.3) is 11.8 Å². The number of anilines is 1. The molecule has 0 radical (unpaired) electrons. The van der Waals surface area contributed by atoms with E-state index < -0.39 is 5.91 Å². The Morgan fingerprint density at radius 2 is 1.32 bits per heavy atom. The molecule has 0 unspecified atom stereocenters. The monoisotopic (exact) mass is 250 g/mol. The van der Waals surface area contributed by atoms with Gasteiger partial charge in [-0.2, -0.15) is 0 Å². The summed E-state index contributed by atoms with van der Waals surface area (Å²) in [6.45, 7) is 0. The number of fused-ring (bicyclic) bond motifs is 1. The van der Waals surface area contributed by atoms with Crippen LogP contribution in [0.2, 0.25) is 0 Å². The Morgan fingerprint density at radius 3 is 2.00 bits per heavy atom. The zero-order valence-electron chi connectivity index (χ0n) is 9.96. The number of rotatable bonds is 1. The molecule has 1 heterocycles. The van der Waals surface area contributed by atoms with E-state index in [1.807, 2.05) is 6.07 Å². The molecule has 0 atom stereocenters. The van der Waals surface area contributed by atoms with Crippen LogP contribution in [0.3, 0.4) is 0 Å². The van der Waals surface area contributed by atoms with Gasteiger partial charge in [-0.3, -0.25) is 15.0 Å². The van der Waals surface area contributed by atoms with E-state index in [1.54, 1.807) is 48.5 Å². The smallest absolute Gasteiger partial charge is 0.283 e. The highest BCUT2D eigenvalue weighted by molar-refractivity contribution is 6.56. The maximum atomic E-state index is 12.4. The van der Waals surface area contributed by atoms with Crippen molar-refractivity contribution < 1.29 is 9.59 Å². The van der Waals surface area contributed by atoms with Gasteiger partial charge in [-0.05, 0) is 18.2 Å². The third-order valence-electron chi connectivity index (χ3n) is 3.06. The molecule has 3 rings (SSSR count). The lowest BCUT2D eigenvalue weighted by molar-refractivity contribution is -0.112. The summed E-state index contributed by atoms with van der Waals surface area (Å²) in [6.07, 6.45) is 0. The predicted molar refractivity (Wildman–Crippen MR) is 71.5 cm³/mol. The van der Waals surface area contributed by atoms with Gasteiger partial charge in [0, 0.05) is 11.1 Å². The number of carbonyl (C=O) groups excluding carboxylic acids is 2. The summed E-state index contributed by atoms with van der Waals surface area (Å²) in [6, 6.07) is 15.4. The number of hydrogen-bond acceptors (Lipinski definition) is 3. The molecule has 2 aromatic rings. The minimum absolute atomic E-state index is 0.154. The van der Waals surface area contributed by atoms with Gasteiger partial charge in [0.1, 0.15) is 5.71 Å². The van der Waals surface area contributed by atoms with E-state index in [0.29, 0.717) is 16.8 Å². The Balaban J connectivity index is 2.18. The molecular weight excluding hydrogens is 240 g/mol. The molecule has 19 heavy (non-hydrogen) atoms. The number of para-hydroxylation sites is 1. The SMILES string of the molecule is N=C1C(=O)N(c2ccccc2)C(=O)c2ccccc21. The first-order valence-electron chi connectivity index (χ1n) is 5.82. The molecule has 4 heteroatoms. The van der Waals surface area contributed by atoms with E-state index in [0.717, 1.165) is 4.90 Å². The molecule has 0 aromatic heterocycles. The standard InChI is InChI=1S/C15H10N2O2/c16-13-11-8-4-5-9-12(11)14(18)17(15(13)19)10-6-2-1-3-7-10/h1-9,16H. The Labute approximate surface area is 109 Å². The van der Waals surface area contributed by atoms with Crippen LogP contribution in [0.25, 0.3) is 0 Å². The first-order valence-corrected chi connectivity index (χ1v) is 5.82. The van der Waals surface area contributed by atoms with Crippen molar-refractivity contribution in [3.8, 4) is 0 Å². The van der Waals surface area contributed by atoms with Gasteiger partial charge >= 0.3 is 0 Å². The molecule has 4 nitrogen and oxygen atoms in total. The summed E-state index contributed by atoms with van der Waals surface area (Å²) >= 11 is 0. The first-order chi connectivity index (χ1) is 9.20. The zero-order valence-corrected chi connectivity index (χ0v) is 9.96. The molecule has 0 bridgehead atoms. The second-order valence-electron chi connectivity index (χ2n) is 4.20. The highest BCUT2D eigenvalue weighted by Crippen LogP contribution is 2.24. The topological polar surface area (TPSA) is 61.2 Å². The number of benzene rings is 2. The molecule has 92 valence electrons. The normalized spacial score (nSPS) is 14.5. The molecule has 0 fully saturated rings. The summed E-state index contributed by atoms with van der Waals surface area (Å²) in [4.78, 5) is 25.6. The molecular formula is C15H10N2O2. The van der Waals surface area contributed by atoms with Crippen LogP contribution >= 0.6 is 0 Å². The number of hydrogen-bond donors (Lipinski definition) is 1. The van der Waals surface area contributed by atoms with Crippen LogP contribution in [-0.2, 0) is 4.79 Å². The van der Waals surface area contributed by atoms with Crippen molar-refractivity contribution in [2.24, 2.45) is 0 Å². The van der Waals surface area contributed by atoms with Gasteiger partial charge < -0.3 is 0 Å². The molecule has 0 saturated carbocycles. The molecule has 1 N–H and O–H groups in total. The Kier molecular flexibility index (Phi) is 2.49. The van der Waals surface area contributed by atoms with Crippen molar-refractivity contribution in [3.63, 3.8) is 0 Å². The number of nitrogens with zero attached hydrogens (tertiary/aromatic N) is 1. The molecule has 1 aliphatic heterocycles. The fourth-order valence-corrected chi connectivity index (χ4v) is 2.14. The van der Waals surface area contributed by atoms with E-state index in [2.05, 4.69) is 0 Å². The molecule has 2 amide bonds. The van der Waals surface area contributed by atoms with Gasteiger partial charge in [-0.25, -0.2) is 4.90 Å². The zero-order chi connectivity index (χ0) is 13.4. The van der Waals surface area contributed by atoms with Crippen molar-refractivity contribution >= 4 is 23.2 Å². The third-order valence-corrected chi connectivity index (χ3v) is 3.06. The largest absolute Gasteiger partial charge is 0.295 e. The van der Waals surface area contributed by atoms with Gasteiger partial charge in [0.05, 0.1) is 5.69 Å². The lowest BCUT2D eigenvalue weighted by atomic mass is 9.96. The van der Waals surface area contributed by atoms with Crippen LogP contribution in [0, 0.1) is 5.41 Å². The second kappa shape index (κ2) is 4.17. The van der Waals surface area contributed by atoms with Crippen LogP contribution in [0.5, 0.6) is 0 Å². The van der Waals surface area contributed by atoms with E-state index in [4.69, 9.17) is 5.41 Å². The fraction of sp³-hybridized carbons (Fsp3) is 0. The van der Waals surface area contributed by atoms with Crippen molar-refractivity contribution in [1.29, 1.82) is 5.41 Å². The number of nitrogens with one attached hydrogen (secondary N) is 1. The summed E-state index contributed by atoms with van der Waals surface area (Å²) in [5.74, 6) is -0.974. The molecule has 0 aliphatic carbocycles. The van der Waals surface area contributed by atoms with Crippen molar-refractivity contribution in [3.05, 3.63) is 65.7 Å². The van der Waals surface area contributed by atoms with Gasteiger partial charge in [0.2, 0.25) is 0 Å². The number of imide groups is 1. The van der Waals surface area contributed by atoms with Crippen molar-refractivity contribution in [2.75, 3.05) is 4.90 Å². The van der Waals surface area contributed by atoms with Gasteiger partial charge in [0.15, 0.2) is 0 Å². The predicted octanol–water partition coefficient (Wildman–Crippen LogP) is 2.24. The van der Waals surface area contributed by atoms with Crippen LogP contribution in [-0.4, -0.2) is 17.5 Å². The van der Waals surface area contributed by atoms with E-state index in [-0.39, 0.29) is 11.6 Å². The number of amides is 2. The number of carbonyl (C=O) groups is 2. The minimum atomic E-state index is -0.588. The fourth-order valence-electron chi connectivity index (χ4n) is 2.14. The van der Waals surface area contributed by atoms with Crippen LogP contribution in [0.15, 0.2) is 54.6 Å². The molecule has 2 aromatic carbocycles. The highest BCUT2D eigenvalue weighted by atomic mass is 16.2. The summed E-state index contributed by atoms with van der Waals surface area (Å²) in [5, 5.41) is 7.90. The summed E-state index contributed by atoms with van der Waals surface area (Å²) in [5.41, 5.74) is 1.11. The lowest BCUT2D eigenvalue weighted by Gasteiger charge is -2.26. The van der Waals surface area contributed by atoms with Crippen LogP contribution in [0.1, 0.15) is 15.9 Å². The van der Waals surface area contributed by atoms with Gasteiger partial charge in [-0.15, -0.1) is 0 Å². The van der Waals surface area contributed by atoms with Crippen LogP contribution in [0.4, 0.5) is 5.69 Å². The Morgan fingerprint density at radius 1 is 0.737 bits per heavy atom. The van der Waals surface area contributed by atoms with Crippen molar-refractivity contribution in [2.45, 2.75) is 0 Å². The van der Waals surface area contributed by atoms with Crippen molar-refractivity contribution in [1.82, 2.24) is 0 Å². The van der Waals surface area contributed by atoms with Gasteiger partial charge in [-0.1, -0.05) is 36.4 Å². The average Bonchev–Trinajstić information content (AvgIpc) is 2.46. The maximum absolute atomic E-state index is 12.4. The molecule has 0 saturated heterocycles. The van der Waals surface area contributed by atoms with E-state index in [9.17, 15) is 9.59 Å². The van der Waals surface area contributed by atoms with E-state index >= 15 is 0 Å². The molecule has 1 aliphatic rings. The minimum Gasteiger partial charge on any atom is -0.295 e. The third kappa shape index (κ3) is 1.65. The summed E-state index contributed by atoms with van der Waals surface area (Å²) < 4.78 is 0. The molecule has 0 spiro atoms. The highest BCUT2D eigenvalue weighted by Gasteiger charge is 2.35.